The summed E-state index contributed by atoms with van der Waals surface area (Å²) >= 11 is 0. The molecule has 0 rings (SSSR count). The number of amides is 1. The van der Waals surface area contributed by atoms with Crippen LogP contribution in [-0.2, 0) is 4.79 Å². The van der Waals surface area contributed by atoms with E-state index in [9.17, 15) is 4.79 Å². The molecule has 84 valence electrons. The molecule has 0 aliphatic rings. The van der Waals surface area contributed by atoms with Gasteiger partial charge >= 0.3 is 0 Å². The van der Waals surface area contributed by atoms with E-state index in [1.807, 2.05) is 0 Å². The smallest absolute Gasteiger partial charge is 0.219 e. The van der Waals surface area contributed by atoms with Crippen molar-refractivity contribution in [1.82, 2.24) is 10.6 Å². The van der Waals surface area contributed by atoms with Crippen molar-refractivity contribution in [3.8, 4) is 0 Å². The minimum absolute atomic E-state index is 0.128. The second-order valence-corrected chi connectivity index (χ2v) is 4.26. The summed E-state index contributed by atoms with van der Waals surface area (Å²) in [4.78, 5) is 10.9. The Labute approximate surface area is 87.6 Å². The van der Waals surface area contributed by atoms with E-state index in [1.54, 1.807) is 7.05 Å². The maximum absolute atomic E-state index is 10.9. The molecule has 0 aromatic rings. The van der Waals surface area contributed by atoms with Gasteiger partial charge in [0, 0.05) is 19.5 Å². The van der Waals surface area contributed by atoms with E-state index in [4.69, 9.17) is 0 Å². The molecule has 2 N–H and O–H groups in total. The maximum Gasteiger partial charge on any atom is 0.219 e. The van der Waals surface area contributed by atoms with Gasteiger partial charge in [-0.2, -0.15) is 0 Å². The highest BCUT2D eigenvalue weighted by Crippen LogP contribution is 2.03. The van der Waals surface area contributed by atoms with Crippen molar-refractivity contribution < 1.29 is 4.79 Å². The highest BCUT2D eigenvalue weighted by Gasteiger charge is 2.04. The predicted molar refractivity (Wildman–Crippen MR) is 60.2 cm³/mol. The fourth-order valence-corrected chi connectivity index (χ4v) is 1.51. The minimum Gasteiger partial charge on any atom is -0.359 e. The van der Waals surface area contributed by atoms with Crippen molar-refractivity contribution in [3.05, 3.63) is 0 Å². The summed E-state index contributed by atoms with van der Waals surface area (Å²) < 4.78 is 0. The number of rotatable bonds is 7. The van der Waals surface area contributed by atoms with Gasteiger partial charge in [0.25, 0.3) is 0 Å². The summed E-state index contributed by atoms with van der Waals surface area (Å²) in [6.45, 7) is 7.58. The minimum atomic E-state index is 0.128. The van der Waals surface area contributed by atoms with Crippen LogP contribution in [0.3, 0.4) is 0 Å². The third-order valence-electron chi connectivity index (χ3n) is 2.18. The van der Waals surface area contributed by atoms with Crippen molar-refractivity contribution in [1.29, 1.82) is 0 Å². The molecular weight excluding hydrogens is 176 g/mol. The van der Waals surface area contributed by atoms with Gasteiger partial charge in [0.05, 0.1) is 0 Å². The van der Waals surface area contributed by atoms with Crippen LogP contribution in [0.25, 0.3) is 0 Å². The van der Waals surface area contributed by atoms with Gasteiger partial charge in [-0.15, -0.1) is 0 Å². The normalized spacial score (nSPS) is 12.9. The third-order valence-corrected chi connectivity index (χ3v) is 2.18. The zero-order valence-corrected chi connectivity index (χ0v) is 9.89. The molecule has 3 nitrogen and oxygen atoms in total. The Morgan fingerprint density at radius 2 is 1.93 bits per heavy atom. The molecule has 0 aromatic heterocycles. The molecule has 0 heterocycles. The summed E-state index contributed by atoms with van der Waals surface area (Å²) in [5.74, 6) is 0.861. The average molecular weight is 200 g/mol. The van der Waals surface area contributed by atoms with Crippen LogP contribution in [0.2, 0.25) is 0 Å². The first-order valence-corrected chi connectivity index (χ1v) is 5.50. The average Bonchev–Trinajstić information content (AvgIpc) is 2.10. The zero-order chi connectivity index (χ0) is 11.0. The van der Waals surface area contributed by atoms with Crippen molar-refractivity contribution in [2.75, 3.05) is 13.6 Å². The predicted octanol–water partition coefficient (Wildman–Crippen LogP) is 1.54. The van der Waals surface area contributed by atoms with E-state index < -0.39 is 0 Å². The fraction of sp³-hybridized carbons (Fsp3) is 0.909. The molecule has 1 atom stereocenters. The lowest BCUT2D eigenvalue weighted by atomic mass is 10.1. The summed E-state index contributed by atoms with van der Waals surface area (Å²) in [5, 5.41) is 6.03. The lowest BCUT2D eigenvalue weighted by molar-refractivity contribution is -0.120. The highest BCUT2D eigenvalue weighted by atomic mass is 16.1. The summed E-state index contributed by atoms with van der Waals surface area (Å²) in [6.07, 6.45) is 2.74. The number of nitrogens with one attached hydrogen (secondary N) is 2. The molecule has 0 saturated heterocycles. The van der Waals surface area contributed by atoms with Crippen LogP contribution in [0.5, 0.6) is 0 Å². The quantitative estimate of drug-likeness (QED) is 0.612. The molecule has 0 aromatic carbocycles. The Morgan fingerprint density at radius 3 is 2.43 bits per heavy atom. The highest BCUT2D eigenvalue weighted by molar-refractivity contribution is 5.75. The van der Waals surface area contributed by atoms with Crippen LogP contribution in [0.4, 0.5) is 0 Å². The topological polar surface area (TPSA) is 41.1 Å². The Balaban J connectivity index is 3.31. The second kappa shape index (κ2) is 7.80. The van der Waals surface area contributed by atoms with E-state index in [-0.39, 0.29) is 5.91 Å². The first-order valence-electron chi connectivity index (χ1n) is 5.50. The maximum atomic E-state index is 10.9. The molecule has 0 radical (unpaired) electrons. The van der Waals surface area contributed by atoms with Gasteiger partial charge in [-0.3, -0.25) is 4.79 Å². The van der Waals surface area contributed by atoms with Gasteiger partial charge in [0.2, 0.25) is 5.91 Å². The molecule has 0 aliphatic carbocycles. The monoisotopic (exact) mass is 200 g/mol. The molecule has 0 bridgehead atoms. The molecule has 1 amide bonds. The molecule has 0 spiro atoms. The van der Waals surface area contributed by atoms with Crippen LogP contribution in [-0.4, -0.2) is 25.5 Å². The van der Waals surface area contributed by atoms with Gasteiger partial charge in [-0.1, -0.05) is 13.8 Å². The van der Waals surface area contributed by atoms with Crippen molar-refractivity contribution in [2.45, 2.75) is 46.1 Å². The summed E-state index contributed by atoms with van der Waals surface area (Å²) in [5.41, 5.74) is 0. The molecule has 1 unspecified atom stereocenters. The number of carbonyl (C=O) groups excluding carboxylic acids is 1. The summed E-state index contributed by atoms with van der Waals surface area (Å²) in [6, 6.07) is 0.555. The van der Waals surface area contributed by atoms with Gasteiger partial charge in [0.15, 0.2) is 0 Å². The van der Waals surface area contributed by atoms with Crippen molar-refractivity contribution in [3.63, 3.8) is 0 Å². The molecular formula is C11H24N2O. The Morgan fingerprint density at radius 1 is 1.29 bits per heavy atom. The Hall–Kier alpha value is -0.570. The zero-order valence-electron chi connectivity index (χ0n) is 9.89. The van der Waals surface area contributed by atoms with Gasteiger partial charge in [0.1, 0.15) is 0 Å². The van der Waals surface area contributed by atoms with Crippen molar-refractivity contribution in [2.24, 2.45) is 5.92 Å². The molecule has 3 heteroatoms. The van der Waals surface area contributed by atoms with Gasteiger partial charge in [-0.05, 0) is 32.2 Å². The third kappa shape index (κ3) is 8.05. The van der Waals surface area contributed by atoms with Crippen molar-refractivity contribution >= 4 is 5.91 Å². The van der Waals surface area contributed by atoms with Crippen LogP contribution in [0.15, 0.2) is 0 Å². The largest absolute Gasteiger partial charge is 0.359 e. The van der Waals surface area contributed by atoms with Crippen LogP contribution < -0.4 is 10.6 Å². The van der Waals surface area contributed by atoms with E-state index >= 15 is 0 Å². The lowest BCUT2D eigenvalue weighted by Gasteiger charge is -2.15. The van der Waals surface area contributed by atoms with Crippen LogP contribution >= 0.6 is 0 Å². The lowest BCUT2D eigenvalue weighted by Crippen LogP contribution is -2.29. The van der Waals surface area contributed by atoms with Gasteiger partial charge < -0.3 is 10.6 Å². The van der Waals surface area contributed by atoms with Crippen LogP contribution in [0.1, 0.15) is 40.0 Å². The van der Waals surface area contributed by atoms with E-state index in [0.717, 1.165) is 18.9 Å². The first-order chi connectivity index (χ1) is 6.56. The summed E-state index contributed by atoms with van der Waals surface area (Å²) in [7, 11) is 1.68. The first kappa shape index (κ1) is 13.4. The SMILES string of the molecule is CNC(=O)CCCNC(C)CC(C)C. The van der Waals surface area contributed by atoms with Gasteiger partial charge in [-0.25, -0.2) is 0 Å². The fourth-order valence-electron chi connectivity index (χ4n) is 1.51. The van der Waals surface area contributed by atoms with E-state index in [0.29, 0.717) is 12.5 Å². The molecule has 14 heavy (non-hydrogen) atoms. The number of hydrogen-bond donors (Lipinski definition) is 2. The number of hydrogen-bond acceptors (Lipinski definition) is 2. The second-order valence-electron chi connectivity index (χ2n) is 4.26. The standard InChI is InChI=1S/C11H24N2O/c1-9(2)8-10(3)13-7-5-6-11(14)12-4/h9-10,13H,5-8H2,1-4H3,(H,12,14). The van der Waals surface area contributed by atoms with E-state index in [2.05, 4.69) is 31.4 Å². The number of carbonyl (C=O) groups is 1. The Bertz CT molecular complexity index is 157. The molecule has 0 fully saturated rings. The Kier molecular flexibility index (Phi) is 7.48. The van der Waals surface area contributed by atoms with Crippen LogP contribution in [0, 0.1) is 5.92 Å². The molecule has 0 aliphatic heterocycles. The molecule has 0 saturated carbocycles. The van der Waals surface area contributed by atoms with E-state index in [1.165, 1.54) is 6.42 Å².